The Bertz CT molecular complexity index is 1560. The quantitative estimate of drug-likeness (QED) is 0.293. The van der Waals surface area contributed by atoms with Crippen LogP contribution in [-0.2, 0) is 4.79 Å². The zero-order valence-corrected chi connectivity index (χ0v) is 25.3. The van der Waals surface area contributed by atoms with Gasteiger partial charge in [-0.2, -0.15) is 0 Å². The van der Waals surface area contributed by atoms with Gasteiger partial charge in [0, 0.05) is 57.4 Å². The van der Waals surface area contributed by atoms with Crippen molar-refractivity contribution in [3.8, 4) is 11.1 Å². The molecule has 0 spiro atoms. The number of nitrogens with one attached hydrogen (secondary N) is 1. The highest BCUT2D eigenvalue weighted by Crippen LogP contribution is 2.42. The summed E-state index contributed by atoms with van der Waals surface area (Å²) in [7, 11) is 2.14. The van der Waals surface area contributed by atoms with E-state index in [1.807, 2.05) is 23.2 Å². The second kappa shape index (κ2) is 12.6. The van der Waals surface area contributed by atoms with Crippen LogP contribution in [0.5, 0.6) is 0 Å². The number of aromatic nitrogens is 3. The van der Waals surface area contributed by atoms with Gasteiger partial charge in [-0.3, -0.25) is 9.59 Å². The van der Waals surface area contributed by atoms with Gasteiger partial charge in [0.15, 0.2) is 0 Å². The molecule has 1 unspecified atom stereocenters. The average Bonchev–Trinajstić information content (AvgIpc) is 3.70. The van der Waals surface area contributed by atoms with Crippen LogP contribution in [0.1, 0.15) is 61.1 Å². The number of imidazole rings is 1. The topological polar surface area (TPSA) is 103 Å². The number of aromatic amines is 1. The number of piperidine rings is 1. The molecule has 2 aromatic carbocycles. The molecular formula is C34H43N7O2. The SMILES string of the molecule is CCCC(=O)N1CCC(CC(c2cnc[nH]2)n2cc(-c3cccc4ccccc34)c(C(N)=O)c2N2CCN(C)CC2)CC1. The molecule has 0 radical (unpaired) electrons. The first-order valence-electron chi connectivity index (χ1n) is 15.7. The number of likely N-dealkylation sites (tertiary alicyclic amines) is 1. The molecule has 6 rings (SSSR count). The van der Waals surface area contributed by atoms with Crippen LogP contribution >= 0.6 is 0 Å². The fourth-order valence-corrected chi connectivity index (χ4v) is 6.94. The van der Waals surface area contributed by atoms with Crippen LogP contribution in [0.2, 0.25) is 0 Å². The van der Waals surface area contributed by atoms with Gasteiger partial charge in [-0.15, -0.1) is 0 Å². The molecule has 4 aromatic rings. The molecule has 0 bridgehead atoms. The van der Waals surface area contributed by atoms with Crippen molar-refractivity contribution in [2.45, 2.75) is 45.1 Å². The summed E-state index contributed by atoms with van der Waals surface area (Å²) in [5.74, 6) is 1.17. The highest BCUT2D eigenvalue weighted by Gasteiger charge is 2.33. The Labute approximate surface area is 253 Å². The van der Waals surface area contributed by atoms with E-state index < -0.39 is 5.91 Å². The van der Waals surface area contributed by atoms with Crippen LogP contribution in [0.3, 0.4) is 0 Å². The largest absolute Gasteiger partial charge is 0.365 e. The summed E-state index contributed by atoms with van der Waals surface area (Å²) in [5, 5.41) is 2.22. The van der Waals surface area contributed by atoms with E-state index >= 15 is 0 Å². The van der Waals surface area contributed by atoms with Crippen LogP contribution in [-0.4, -0.2) is 82.5 Å². The van der Waals surface area contributed by atoms with E-state index in [4.69, 9.17) is 5.73 Å². The number of primary amides is 1. The predicted molar refractivity (Wildman–Crippen MR) is 171 cm³/mol. The number of rotatable bonds is 9. The Morgan fingerprint density at radius 3 is 2.44 bits per heavy atom. The molecule has 3 N–H and O–H groups in total. The Kier molecular flexibility index (Phi) is 8.51. The summed E-state index contributed by atoms with van der Waals surface area (Å²) in [4.78, 5) is 40.5. The Hall–Kier alpha value is -4.11. The number of amides is 2. The standard InChI is InChI=1S/C34H43N7O2/c1-3-7-31(42)39-14-12-24(13-15-39)20-30(29-21-36-23-37-29)41-22-28(27-11-6-9-25-8-4-5-10-26(25)27)32(33(35)43)34(41)40-18-16-38(2)17-19-40/h4-6,8-11,21-24,30H,3,7,12-20H2,1-2H3,(H2,35,43)(H,36,37). The van der Waals surface area contributed by atoms with E-state index in [-0.39, 0.29) is 11.9 Å². The third kappa shape index (κ3) is 5.91. The number of carbonyl (C=O) groups is 2. The van der Waals surface area contributed by atoms with E-state index in [1.165, 1.54) is 0 Å². The highest BCUT2D eigenvalue weighted by atomic mass is 16.2. The third-order valence-corrected chi connectivity index (χ3v) is 9.34. The number of benzene rings is 2. The average molecular weight is 582 g/mol. The normalized spacial score (nSPS) is 17.4. The van der Waals surface area contributed by atoms with Crippen LogP contribution in [0.15, 0.2) is 61.2 Å². The molecule has 2 aromatic heterocycles. The zero-order valence-electron chi connectivity index (χ0n) is 25.3. The maximum Gasteiger partial charge on any atom is 0.253 e. The lowest BCUT2D eigenvalue weighted by Crippen LogP contribution is -2.46. The van der Waals surface area contributed by atoms with Crippen molar-refractivity contribution >= 4 is 28.4 Å². The maximum absolute atomic E-state index is 13.4. The van der Waals surface area contributed by atoms with Crippen molar-refractivity contribution in [2.75, 3.05) is 51.2 Å². The number of hydrogen-bond donors (Lipinski definition) is 2. The first-order chi connectivity index (χ1) is 20.9. The van der Waals surface area contributed by atoms with Crippen molar-refractivity contribution in [2.24, 2.45) is 11.7 Å². The van der Waals surface area contributed by atoms with Gasteiger partial charge in [0.1, 0.15) is 5.82 Å². The summed E-state index contributed by atoms with van der Waals surface area (Å²) in [6, 6.07) is 14.5. The predicted octanol–water partition coefficient (Wildman–Crippen LogP) is 4.90. The highest BCUT2D eigenvalue weighted by molar-refractivity contribution is 6.09. The minimum Gasteiger partial charge on any atom is -0.365 e. The maximum atomic E-state index is 13.4. The van der Waals surface area contributed by atoms with Gasteiger partial charge in [-0.05, 0) is 55.0 Å². The summed E-state index contributed by atoms with van der Waals surface area (Å²) in [5.41, 5.74) is 9.72. The fraction of sp³-hybridized carbons (Fsp3) is 0.441. The molecule has 2 aliphatic heterocycles. The van der Waals surface area contributed by atoms with Gasteiger partial charge in [0.05, 0.1) is 29.8 Å². The molecule has 226 valence electrons. The Morgan fingerprint density at radius 2 is 1.74 bits per heavy atom. The van der Waals surface area contributed by atoms with Crippen molar-refractivity contribution in [3.63, 3.8) is 0 Å². The zero-order chi connectivity index (χ0) is 29.9. The van der Waals surface area contributed by atoms with Gasteiger partial charge in [-0.25, -0.2) is 4.98 Å². The van der Waals surface area contributed by atoms with Crippen LogP contribution in [0, 0.1) is 5.92 Å². The molecule has 9 heteroatoms. The van der Waals surface area contributed by atoms with E-state index in [2.05, 4.69) is 74.8 Å². The van der Waals surface area contributed by atoms with E-state index in [1.54, 1.807) is 6.33 Å². The molecule has 1 atom stereocenters. The number of fused-ring (bicyclic) bond motifs is 1. The summed E-state index contributed by atoms with van der Waals surface area (Å²) < 4.78 is 2.30. The van der Waals surface area contributed by atoms with Crippen LogP contribution < -0.4 is 10.6 Å². The number of nitrogens with two attached hydrogens (primary N) is 1. The second-order valence-electron chi connectivity index (χ2n) is 12.2. The first kappa shape index (κ1) is 29.0. The van der Waals surface area contributed by atoms with Crippen molar-refractivity contribution < 1.29 is 9.59 Å². The Balaban J connectivity index is 1.45. The molecule has 2 saturated heterocycles. The number of anilines is 1. The minimum atomic E-state index is -0.415. The van der Waals surface area contributed by atoms with E-state index in [9.17, 15) is 9.59 Å². The van der Waals surface area contributed by atoms with Crippen molar-refractivity contribution in [1.29, 1.82) is 0 Å². The molecule has 2 amide bonds. The van der Waals surface area contributed by atoms with Gasteiger partial charge in [0.2, 0.25) is 5.91 Å². The van der Waals surface area contributed by atoms with E-state index in [0.717, 1.165) is 98.4 Å². The number of carbonyl (C=O) groups excluding carboxylic acids is 2. The molecule has 0 aliphatic carbocycles. The molecule has 4 heterocycles. The van der Waals surface area contributed by atoms with Crippen LogP contribution in [0.4, 0.5) is 5.82 Å². The summed E-state index contributed by atoms with van der Waals surface area (Å²) >= 11 is 0. The summed E-state index contributed by atoms with van der Waals surface area (Å²) in [6.45, 7) is 7.08. The van der Waals surface area contributed by atoms with Crippen molar-refractivity contribution in [3.05, 3.63) is 72.4 Å². The lowest BCUT2D eigenvalue weighted by Gasteiger charge is -2.37. The molecule has 0 saturated carbocycles. The lowest BCUT2D eigenvalue weighted by atomic mass is 9.89. The van der Waals surface area contributed by atoms with Crippen LogP contribution in [0.25, 0.3) is 21.9 Å². The van der Waals surface area contributed by atoms with Gasteiger partial charge >= 0.3 is 0 Å². The lowest BCUT2D eigenvalue weighted by molar-refractivity contribution is -0.132. The molecule has 9 nitrogen and oxygen atoms in total. The number of H-pyrrole nitrogens is 1. The molecule has 2 fully saturated rings. The molecule has 43 heavy (non-hydrogen) atoms. The van der Waals surface area contributed by atoms with Gasteiger partial charge in [0.25, 0.3) is 5.91 Å². The molecular weight excluding hydrogens is 538 g/mol. The third-order valence-electron chi connectivity index (χ3n) is 9.34. The number of piperazine rings is 1. The second-order valence-corrected chi connectivity index (χ2v) is 12.2. The monoisotopic (exact) mass is 581 g/mol. The summed E-state index contributed by atoms with van der Waals surface area (Å²) in [6.07, 6.45) is 10.1. The molecule has 2 aliphatic rings. The van der Waals surface area contributed by atoms with Gasteiger partial charge < -0.3 is 30.0 Å². The first-order valence-corrected chi connectivity index (χ1v) is 15.7. The Morgan fingerprint density at radius 1 is 1.00 bits per heavy atom. The number of nitrogens with zero attached hydrogens (tertiary/aromatic N) is 5. The number of likely N-dealkylation sites (N-methyl/N-ethyl adjacent to an activating group) is 1. The number of hydrogen-bond acceptors (Lipinski definition) is 5. The van der Waals surface area contributed by atoms with Crippen molar-refractivity contribution in [1.82, 2.24) is 24.3 Å². The van der Waals surface area contributed by atoms with Gasteiger partial charge in [-0.1, -0.05) is 49.4 Å². The smallest absolute Gasteiger partial charge is 0.253 e. The van der Waals surface area contributed by atoms with E-state index in [0.29, 0.717) is 17.9 Å². The fourth-order valence-electron chi connectivity index (χ4n) is 6.94. The minimum absolute atomic E-state index is 0.0677.